The van der Waals surface area contributed by atoms with Crippen LogP contribution in [0, 0.1) is 0 Å². The Hall–Kier alpha value is -2.53. The molecule has 3 aromatic rings. The topological polar surface area (TPSA) is 97.5 Å². The van der Waals surface area contributed by atoms with E-state index in [1.165, 1.54) is 0 Å². The van der Waals surface area contributed by atoms with Crippen molar-refractivity contribution in [3.05, 3.63) is 62.2 Å². The van der Waals surface area contributed by atoms with Gasteiger partial charge in [0.1, 0.15) is 11.3 Å². The second kappa shape index (κ2) is 13.7. The van der Waals surface area contributed by atoms with Gasteiger partial charge in [0.05, 0.1) is 4.70 Å². The molecule has 0 spiro atoms. The number of rotatable bonds is 13. The molecule has 1 aliphatic rings. The fraction of sp³-hybridized carbons (Fsp3) is 0.500. The molecular formula is C28H35ClF2N4O3S. The molecule has 1 saturated carbocycles. The lowest BCUT2D eigenvalue weighted by Gasteiger charge is -2.37. The van der Waals surface area contributed by atoms with E-state index in [1.54, 1.807) is 6.07 Å². The van der Waals surface area contributed by atoms with Crippen molar-refractivity contribution >= 4 is 39.1 Å². The van der Waals surface area contributed by atoms with E-state index in [0.717, 1.165) is 27.2 Å². The zero-order valence-corrected chi connectivity index (χ0v) is 23.4. The van der Waals surface area contributed by atoms with E-state index < -0.39 is 5.92 Å². The van der Waals surface area contributed by atoms with Gasteiger partial charge in [-0.1, -0.05) is 47.2 Å². The maximum atomic E-state index is 13.8. The Morgan fingerprint density at radius 2 is 1.82 bits per heavy atom. The first-order valence-corrected chi connectivity index (χ1v) is 14.6. The lowest BCUT2D eigenvalue weighted by atomic mass is 9.91. The molecule has 1 fully saturated rings. The molecule has 0 saturated heterocycles. The molecule has 0 unspecified atom stereocenters. The van der Waals surface area contributed by atoms with Crippen LogP contribution in [0.3, 0.4) is 0 Å². The largest absolute Gasteiger partial charge is 0.506 e. The third kappa shape index (κ3) is 8.48. The Bertz CT molecular complexity index is 1310. The zero-order chi connectivity index (χ0) is 27.8. The van der Waals surface area contributed by atoms with Crippen LogP contribution in [0.2, 0.25) is 5.02 Å². The van der Waals surface area contributed by atoms with Crippen molar-refractivity contribution in [1.82, 2.24) is 20.5 Å². The summed E-state index contributed by atoms with van der Waals surface area (Å²) in [6, 6.07) is 11.0. The minimum Gasteiger partial charge on any atom is -0.506 e. The molecule has 0 bridgehead atoms. The number of carbonyl (C=O) groups is 1. The minimum absolute atomic E-state index is 0.0243. The number of phenolic OH excluding ortho intramolecular Hbond substituents is 1. The zero-order valence-electron chi connectivity index (χ0n) is 21.8. The molecule has 1 aromatic heterocycles. The van der Waals surface area contributed by atoms with Crippen LogP contribution in [0.15, 0.2) is 41.2 Å². The first-order chi connectivity index (χ1) is 18.7. The summed E-state index contributed by atoms with van der Waals surface area (Å²) in [5.74, 6) is -2.61. The number of nitrogens with one attached hydrogen (secondary N) is 3. The van der Waals surface area contributed by atoms with Crippen molar-refractivity contribution in [3.63, 3.8) is 0 Å². The van der Waals surface area contributed by atoms with Gasteiger partial charge in [-0.05, 0) is 55.5 Å². The van der Waals surface area contributed by atoms with Gasteiger partial charge in [0, 0.05) is 56.5 Å². The number of phenols is 1. The first-order valence-electron chi connectivity index (χ1n) is 13.4. The Balaban J connectivity index is 1.24. The minimum atomic E-state index is -2.60. The number of thiazole rings is 1. The van der Waals surface area contributed by atoms with Gasteiger partial charge in [-0.2, -0.15) is 0 Å². The summed E-state index contributed by atoms with van der Waals surface area (Å²) in [6.45, 7) is 2.94. The quantitative estimate of drug-likeness (QED) is 0.220. The highest BCUT2D eigenvalue weighted by Crippen LogP contribution is 2.35. The Morgan fingerprint density at radius 1 is 1.08 bits per heavy atom. The maximum absolute atomic E-state index is 13.8. The molecule has 11 heteroatoms. The van der Waals surface area contributed by atoms with Gasteiger partial charge in [0.15, 0.2) is 0 Å². The smallest absolute Gasteiger partial charge is 0.305 e. The number of fused-ring (bicyclic) bond motifs is 1. The second-order valence-electron chi connectivity index (χ2n) is 10.0. The predicted octanol–water partition coefficient (Wildman–Crippen LogP) is 4.71. The van der Waals surface area contributed by atoms with Gasteiger partial charge < -0.3 is 20.7 Å². The van der Waals surface area contributed by atoms with Gasteiger partial charge in [-0.3, -0.25) is 14.5 Å². The molecular weight excluding hydrogens is 546 g/mol. The summed E-state index contributed by atoms with van der Waals surface area (Å²) in [6.07, 6.45) is 2.20. The molecule has 39 heavy (non-hydrogen) atoms. The van der Waals surface area contributed by atoms with Crippen LogP contribution in [0.1, 0.15) is 43.2 Å². The predicted molar refractivity (Wildman–Crippen MR) is 152 cm³/mol. The van der Waals surface area contributed by atoms with Crippen molar-refractivity contribution in [2.45, 2.75) is 56.9 Å². The highest BCUT2D eigenvalue weighted by Gasteiger charge is 2.36. The van der Waals surface area contributed by atoms with Crippen LogP contribution in [0.4, 0.5) is 8.78 Å². The van der Waals surface area contributed by atoms with E-state index in [1.807, 2.05) is 30.3 Å². The molecule has 2 aromatic carbocycles. The monoisotopic (exact) mass is 580 g/mol. The molecule has 0 atom stereocenters. The molecule has 7 nitrogen and oxygen atoms in total. The second-order valence-corrected chi connectivity index (χ2v) is 11.4. The third-order valence-electron chi connectivity index (χ3n) is 7.29. The van der Waals surface area contributed by atoms with Crippen LogP contribution in [0.5, 0.6) is 5.75 Å². The fourth-order valence-electron chi connectivity index (χ4n) is 5.08. The number of halogens is 3. The standard InChI is InChI=1S/C28H35ClF2N4O3S/c29-22-4-2-1-3-19(22)10-15-33-24(37)11-17-35(21-7-12-28(30,31)13-8-21)18-16-32-14-9-20-5-6-23(36)25-26(20)39-27(38)34-25/h1-6,21,32,36H,7-18H2,(H,33,37)(H,34,38). The van der Waals surface area contributed by atoms with Crippen molar-refractivity contribution in [2.24, 2.45) is 0 Å². The fourth-order valence-corrected chi connectivity index (χ4v) is 6.21. The van der Waals surface area contributed by atoms with E-state index in [2.05, 4.69) is 20.5 Å². The number of aromatic nitrogens is 1. The van der Waals surface area contributed by atoms with E-state index in [4.69, 9.17) is 11.6 Å². The van der Waals surface area contributed by atoms with Gasteiger partial charge in [0.25, 0.3) is 0 Å². The van der Waals surface area contributed by atoms with Crippen LogP contribution in [-0.2, 0) is 17.6 Å². The Labute approximate surface area is 235 Å². The van der Waals surface area contributed by atoms with E-state index in [0.29, 0.717) is 75.4 Å². The van der Waals surface area contributed by atoms with Crippen LogP contribution < -0.4 is 15.5 Å². The van der Waals surface area contributed by atoms with Crippen molar-refractivity contribution in [1.29, 1.82) is 0 Å². The average Bonchev–Trinajstić information content (AvgIpc) is 3.31. The first kappa shape index (κ1) is 29.5. The number of aromatic amines is 1. The lowest BCUT2D eigenvalue weighted by molar-refractivity contribution is -0.121. The summed E-state index contributed by atoms with van der Waals surface area (Å²) >= 11 is 7.27. The highest BCUT2D eigenvalue weighted by molar-refractivity contribution is 7.16. The molecule has 4 N–H and O–H groups in total. The average molecular weight is 581 g/mol. The number of H-pyrrole nitrogens is 1. The van der Waals surface area contributed by atoms with E-state index >= 15 is 0 Å². The van der Waals surface area contributed by atoms with Crippen LogP contribution in [-0.4, -0.2) is 65.6 Å². The molecule has 0 aliphatic heterocycles. The highest BCUT2D eigenvalue weighted by atomic mass is 35.5. The summed E-state index contributed by atoms with van der Waals surface area (Å²) in [5.41, 5.74) is 2.42. The van der Waals surface area contributed by atoms with Gasteiger partial charge in [-0.15, -0.1) is 0 Å². The molecule has 4 rings (SSSR count). The van der Waals surface area contributed by atoms with E-state index in [-0.39, 0.29) is 35.4 Å². The molecule has 1 heterocycles. The summed E-state index contributed by atoms with van der Waals surface area (Å²) in [7, 11) is 0. The number of hydrogen-bond acceptors (Lipinski definition) is 6. The van der Waals surface area contributed by atoms with E-state index in [9.17, 15) is 23.5 Å². The molecule has 212 valence electrons. The van der Waals surface area contributed by atoms with Gasteiger partial charge >= 0.3 is 4.87 Å². The number of benzene rings is 2. The van der Waals surface area contributed by atoms with Crippen molar-refractivity contribution in [3.8, 4) is 5.75 Å². The summed E-state index contributed by atoms with van der Waals surface area (Å²) in [5, 5.41) is 17.0. The van der Waals surface area contributed by atoms with Crippen LogP contribution in [0.25, 0.3) is 10.2 Å². The Kier molecular flexibility index (Phi) is 10.3. The number of amides is 1. The lowest BCUT2D eigenvalue weighted by Crippen LogP contribution is -2.45. The summed E-state index contributed by atoms with van der Waals surface area (Å²) < 4.78 is 28.3. The normalized spacial score (nSPS) is 15.7. The molecule has 1 amide bonds. The maximum Gasteiger partial charge on any atom is 0.305 e. The van der Waals surface area contributed by atoms with Crippen molar-refractivity contribution in [2.75, 3.05) is 32.7 Å². The van der Waals surface area contributed by atoms with Crippen LogP contribution >= 0.6 is 22.9 Å². The number of alkyl halides is 2. The Morgan fingerprint density at radius 3 is 2.59 bits per heavy atom. The number of aromatic hydroxyl groups is 1. The van der Waals surface area contributed by atoms with Gasteiger partial charge in [-0.25, -0.2) is 8.78 Å². The number of carbonyl (C=O) groups excluding carboxylic acids is 1. The molecule has 0 radical (unpaired) electrons. The third-order valence-corrected chi connectivity index (χ3v) is 8.62. The number of hydrogen-bond donors (Lipinski definition) is 4. The summed E-state index contributed by atoms with van der Waals surface area (Å²) in [4.78, 5) is 28.9. The molecule has 1 aliphatic carbocycles. The van der Waals surface area contributed by atoms with Gasteiger partial charge in [0.2, 0.25) is 11.8 Å². The number of nitrogens with zero attached hydrogens (tertiary/aromatic N) is 1. The SMILES string of the molecule is O=C(CCN(CCNCCc1ccc(O)c2[nH]c(=O)sc12)C1CCC(F)(F)CC1)NCCc1ccccc1Cl. The van der Waals surface area contributed by atoms with Crippen molar-refractivity contribution < 1.29 is 18.7 Å².